The van der Waals surface area contributed by atoms with Gasteiger partial charge in [0.15, 0.2) is 0 Å². The Bertz CT molecular complexity index is 1220. The van der Waals surface area contributed by atoms with E-state index in [1.807, 2.05) is 60.7 Å². The zero-order valence-corrected chi connectivity index (χ0v) is 17.9. The summed E-state index contributed by atoms with van der Waals surface area (Å²) in [5.41, 5.74) is 3.00. The van der Waals surface area contributed by atoms with Crippen LogP contribution in [0.25, 0.3) is 5.70 Å². The first kappa shape index (κ1) is 18.8. The summed E-state index contributed by atoms with van der Waals surface area (Å²) in [5.74, 6) is 2.03. The van der Waals surface area contributed by atoms with Gasteiger partial charge in [0, 0.05) is 15.2 Å². The van der Waals surface area contributed by atoms with Crippen LogP contribution in [0, 0.1) is 0 Å². The van der Waals surface area contributed by atoms with Crippen molar-refractivity contribution in [2.24, 2.45) is 0 Å². The summed E-state index contributed by atoms with van der Waals surface area (Å²) in [4.78, 5) is 0. The number of halogens is 2. The van der Waals surface area contributed by atoms with Gasteiger partial charge < -0.3 is 10.1 Å². The van der Waals surface area contributed by atoms with Crippen LogP contribution in [0.1, 0.15) is 17.2 Å². The first-order valence-electron chi connectivity index (χ1n) is 9.22. The highest BCUT2D eigenvalue weighted by Gasteiger charge is 2.24. The van der Waals surface area contributed by atoms with Gasteiger partial charge in [0.2, 0.25) is 5.95 Å². The van der Waals surface area contributed by atoms with Crippen LogP contribution < -0.4 is 10.1 Å². The minimum atomic E-state index is -0.177. The van der Waals surface area contributed by atoms with E-state index < -0.39 is 0 Å². The Balaban J connectivity index is 1.50. The highest BCUT2D eigenvalue weighted by molar-refractivity contribution is 9.10. The molecule has 1 N–H and O–H groups in total. The zero-order chi connectivity index (χ0) is 20.5. The minimum Gasteiger partial charge on any atom is -0.457 e. The standard InChI is InChI=1S/C22H15BrClN5O/c23-16-6-4-14(5-7-16)20-13-21(29-22(25-20)26-27-28-29)15-2-1-3-19(12-15)30-18-10-8-17(24)9-11-18/h1-13,21H,(H,25,26,28)/t21-/m0/s1. The van der Waals surface area contributed by atoms with Crippen molar-refractivity contribution in [2.45, 2.75) is 6.04 Å². The fraction of sp³-hybridized carbons (Fsp3) is 0.0455. The Hall–Kier alpha value is -3.16. The maximum atomic E-state index is 6.00. The second-order valence-corrected chi connectivity index (χ2v) is 8.08. The SMILES string of the molecule is Clc1ccc(Oc2cccc([C@@H]3C=C(c4ccc(Br)cc4)Nc4nnnn43)c2)cc1. The van der Waals surface area contributed by atoms with Gasteiger partial charge in [0.05, 0.1) is 0 Å². The molecule has 0 aliphatic carbocycles. The van der Waals surface area contributed by atoms with Crippen LogP contribution in [-0.4, -0.2) is 20.2 Å². The predicted octanol–water partition coefficient (Wildman–Crippen LogP) is 5.94. The summed E-state index contributed by atoms with van der Waals surface area (Å²) in [5, 5.41) is 16.1. The third-order valence-corrected chi connectivity index (χ3v) is 5.51. The van der Waals surface area contributed by atoms with E-state index in [0.29, 0.717) is 11.0 Å². The van der Waals surface area contributed by atoms with E-state index in [1.54, 1.807) is 16.8 Å². The minimum absolute atomic E-state index is 0.177. The number of ether oxygens (including phenoxy) is 1. The molecule has 30 heavy (non-hydrogen) atoms. The number of hydrogen-bond donors (Lipinski definition) is 1. The fourth-order valence-corrected chi connectivity index (χ4v) is 3.68. The van der Waals surface area contributed by atoms with Gasteiger partial charge in [-0.1, -0.05) is 56.9 Å². The molecule has 0 saturated carbocycles. The molecular weight excluding hydrogens is 466 g/mol. The predicted molar refractivity (Wildman–Crippen MR) is 120 cm³/mol. The number of rotatable bonds is 4. The second-order valence-electron chi connectivity index (χ2n) is 6.73. The molecular formula is C22H15BrClN5O. The highest BCUT2D eigenvalue weighted by Crippen LogP contribution is 2.34. The van der Waals surface area contributed by atoms with E-state index in [9.17, 15) is 0 Å². The molecule has 8 heteroatoms. The van der Waals surface area contributed by atoms with E-state index in [0.717, 1.165) is 32.8 Å². The Morgan fingerprint density at radius 2 is 1.77 bits per heavy atom. The topological polar surface area (TPSA) is 64.9 Å². The van der Waals surface area contributed by atoms with Gasteiger partial charge in [-0.3, -0.25) is 0 Å². The monoisotopic (exact) mass is 479 g/mol. The normalized spacial score (nSPS) is 15.1. The summed E-state index contributed by atoms with van der Waals surface area (Å²) in [6.07, 6.45) is 2.11. The third kappa shape index (κ3) is 3.81. The third-order valence-electron chi connectivity index (χ3n) is 4.73. The van der Waals surface area contributed by atoms with Crippen molar-refractivity contribution in [2.75, 3.05) is 5.32 Å². The fourth-order valence-electron chi connectivity index (χ4n) is 3.29. The van der Waals surface area contributed by atoms with Crippen molar-refractivity contribution in [1.29, 1.82) is 0 Å². The largest absolute Gasteiger partial charge is 0.457 e. The molecule has 0 radical (unpaired) electrons. The molecule has 0 saturated heterocycles. The lowest BCUT2D eigenvalue weighted by Crippen LogP contribution is -2.20. The van der Waals surface area contributed by atoms with E-state index in [-0.39, 0.29) is 6.04 Å². The first-order chi connectivity index (χ1) is 14.7. The molecule has 6 nitrogen and oxygen atoms in total. The van der Waals surface area contributed by atoms with E-state index >= 15 is 0 Å². The molecule has 0 fully saturated rings. The quantitative estimate of drug-likeness (QED) is 0.392. The Labute approximate surface area is 186 Å². The van der Waals surface area contributed by atoms with Crippen molar-refractivity contribution >= 4 is 39.2 Å². The number of anilines is 1. The number of nitrogens with zero attached hydrogens (tertiary/aromatic N) is 4. The number of allylic oxidation sites excluding steroid dienone is 1. The molecule has 3 aromatic carbocycles. The number of aromatic nitrogens is 4. The van der Waals surface area contributed by atoms with Crippen LogP contribution in [0.2, 0.25) is 5.02 Å². The second kappa shape index (κ2) is 7.93. The van der Waals surface area contributed by atoms with Crippen LogP contribution in [0.4, 0.5) is 5.95 Å². The molecule has 4 aromatic rings. The molecule has 0 unspecified atom stereocenters. The Morgan fingerprint density at radius 1 is 0.967 bits per heavy atom. The van der Waals surface area contributed by atoms with Gasteiger partial charge >= 0.3 is 0 Å². The van der Waals surface area contributed by atoms with E-state index in [1.165, 1.54) is 0 Å². The molecule has 2 heterocycles. The molecule has 1 aromatic heterocycles. The lowest BCUT2D eigenvalue weighted by molar-refractivity contribution is 0.480. The lowest BCUT2D eigenvalue weighted by atomic mass is 10.0. The Morgan fingerprint density at radius 3 is 2.57 bits per heavy atom. The smallest absolute Gasteiger partial charge is 0.248 e. The van der Waals surface area contributed by atoms with Crippen molar-refractivity contribution in [3.8, 4) is 11.5 Å². The van der Waals surface area contributed by atoms with Gasteiger partial charge in [0.25, 0.3) is 0 Å². The average molecular weight is 481 g/mol. The summed E-state index contributed by atoms with van der Waals surface area (Å²) in [6, 6.07) is 23.1. The van der Waals surface area contributed by atoms with Crippen molar-refractivity contribution in [3.63, 3.8) is 0 Å². The van der Waals surface area contributed by atoms with Gasteiger partial charge in [-0.25, -0.2) is 0 Å². The summed E-state index contributed by atoms with van der Waals surface area (Å²) < 4.78 is 8.78. The maximum absolute atomic E-state index is 6.00. The van der Waals surface area contributed by atoms with Crippen LogP contribution in [0.3, 0.4) is 0 Å². The number of tetrazole rings is 1. The lowest BCUT2D eigenvalue weighted by Gasteiger charge is -2.24. The molecule has 0 spiro atoms. The number of nitrogens with one attached hydrogen (secondary N) is 1. The number of benzene rings is 3. The highest BCUT2D eigenvalue weighted by atomic mass is 79.9. The molecule has 1 aliphatic heterocycles. The van der Waals surface area contributed by atoms with Crippen molar-refractivity contribution < 1.29 is 4.74 Å². The van der Waals surface area contributed by atoms with Gasteiger partial charge in [-0.15, -0.1) is 0 Å². The molecule has 0 bridgehead atoms. The van der Waals surface area contributed by atoms with Crippen LogP contribution >= 0.6 is 27.5 Å². The molecule has 1 atom stereocenters. The maximum Gasteiger partial charge on any atom is 0.248 e. The zero-order valence-electron chi connectivity index (χ0n) is 15.5. The number of hydrogen-bond acceptors (Lipinski definition) is 5. The summed E-state index contributed by atoms with van der Waals surface area (Å²) in [6.45, 7) is 0. The summed E-state index contributed by atoms with van der Waals surface area (Å²) in [7, 11) is 0. The van der Waals surface area contributed by atoms with Crippen molar-refractivity contribution in [1.82, 2.24) is 20.2 Å². The van der Waals surface area contributed by atoms with Crippen LogP contribution in [0.5, 0.6) is 11.5 Å². The van der Waals surface area contributed by atoms with Crippen LogP contribution in [-0.2, 0) is 0 Å². The van der Waals surface area contributed by atoms with E-state index in [4.69, 9.17) is 16.3 Å². The van der Waals surface area contributed by atoms with Gasteiger partial charge in [0.1, 0.15) is 17.5 Å². The molecule has 1 aliphatic rings. The Kier molecular flexibility index (Phi) is 4.98. The molecule has 0 amide bonds. The molecule has 148 valence electrons. The average Bonchev–Trinajstić information content (AvgIpc) is 3.24. The van der Waals surface area contributed by atoms with Gasteiger partial charge in [-0.2, -0.15) is 4.68 Å². The van der Waals surface area contributed by atoms with E-state index in [2.05, 4.69) is 42.8 Å². The summed E-state index contributed by atoms with van der Waals surface area (Å²) >= 11 is 9.44. The van der Waals surface area contributed by atoms with Crippen molar-refractivity contribution in [3.05, 3.63) is 99.5 Å². The van der Waals surface area contributed by atoms with Gasteiger partial charge in [-0.05, 0) is 76.2 Å². The number of fused-ring (bicyclic) bond motifs is 1. The molecule has 5 rings (SSSR count). The van der Waals surface area contributed by atoms with Crippen LogP contribution in [0.15, 0.2) is 83.3 Å². The first-order valence-corrected chi connectivity index (χ1v) is 10.4.